The number of ether oxygens (including phenoxy) is 1. The number of hydrogen-bond acceptors (Lipinski definition) is 3. The molecule has 0 spiro atoms. The summed E-state index contributed by atoms with van der Waals surface area (Å²) in [5.74, 6) is 0.217. The predicted octanol–water partition coefficient (Wildman–Crippen LogP) is 3.24. The van der Waals surface area contributed by atoms with Gasteiger partial charge in [-0.2, -0.15) is 0 Å². The van der Waals surface area contributed by atoms with Crippen molar-refractivity contribution < 1.29 is 22.4 Å². The molecule has 1 aromatic carbocycles. The highest BCUT2D eigenvalue weighted by Gasteiger charge is 2.30. The van der Waals surface area contributed by atoms with Gasteiger partial charge in [0.1, 0.15) is 5.75 Å². The molecule has 0 bridgehead atoms. The molecule has 0 amide bonds. The topological polar surface area (TPSA) is 35.3 Å². The molecular weight excluding hydrogens is 223 g/mol. The van der Waals surface area contributed by atoms with E-state index >= 15 is 0 Å². The number of hydrogen-bond donors (Lipinski definition) is 0. The first kappa shape index (κ1) is 10.5. The van der Waals surface area contributed by atoms with Gasteiger partial charge in [0.2, 0.25) is 0 Å². The Hall–Kier alpha value is -1.98. The van der Waals surface area contributed by atoms with Gasteiger partial charge in [-0.1, -0.05) is 5.16 Å². The third kappa shape index (κ3) is 2.53. The van der Waals surface area contributed by atoms with E-state index in [1.165, 1.54) is 30.5 Å². The van der Waals surface area contributed by atoms with Crippen molar-refractivity contribution in [2.24, 2.45) is 0 Å². The Kier molecular flexibility index (Phi) is 2.55. The molecule has 0 saturated carbocycles. The lowest BCUT2D eigenvalue weighted by Gasteiger charge is -2.08. The Balaban J connectivity index is 2.17. The summed E-state index contributed by atoms with van der Waals surface area (Å²) < 4.78 is 44.2. The number of benzene rings is 1. The van der Waals surface area contributed by atoms with Crippen molar-refractivity contribution >= 4 is 0 Å². The van der Waals surface area contributed by atoms with E-state index in [1.54, 1.807) is 6.07 Å². The molecule has 2 aromatic rings. The Morgan fingerprint density at radius 3 is 2.25 bits per heavy atom. The molecule has 0 fully saturated rings. The summed E-state index contributed by atoms with van der Waals surface area (Å²) in [7, 11) is 0. The SMILES string of the molecule is FC(F)(F)Oc1ccc(-c2ccno2)cc1. The van der Waals surface area contributed by atoms with E-state index in [0.29, 0.717) is 11.3 Å². The van der Waals surface area contributed by atoms with Gasteiger partial charge in [-0.15, -0.1) is 13.2 Å². The summed E-state index contributed by atoms with van der Waals surface area (Å²) in [5.41, 5.74) is 0.632. The molecule has 0 aliphatic carbocycles. The fraction of sp³-hybridized carbons (Fsp3) is 0.100. The van der Waals surface area contributed by atoms with E-state index in [-0.39, 0.29) is 5.75 Å². The van der Waals surface area contributed by atoms with Crippen LogP contribution >= 0.6 is 0 Å². The zero-order chi connectivity index (χ0) is 11.6. The number of aromatic nitrogens is 1. The van der Waals surface area contributed by atoms with Crippen LogP contribution in [0.25, 0.3) is 11.3 Å². The van der Waals surface area contributed by atoms with Gasteiger partial charge >= 0.3 is 6.36 Å². The molecule has 1 heterocycles. The maximum absolute atomic E-state index is 11.9. The quantitative estimate of drug-likeness (QED) is 0.792. The molecule has 16 heavy (non-hydrogen) atoms. The summed E-state index contributed by atoms with van der Waals surface area (Å²) in [5, 5.41) is 3.49. The van der Waals surface area contributed by atoms with Crippen molar-refractivity contribution in [3.8, 4) is 17.1 Å². The van der Waals surface area contributed by atoms with Crippen LogP contribution in [0.15, 0.2) is 41.1 Å². The third-order valence-electron chi connectivity index (χ3n) is 1.81. The molecule has 0 saturated heterocycles. The van der Waals surface area contributed by atoms with E-state index in [0.717, 1.165) is 0 Å². The molecule has 3 nitrogen and oxygen atoms in total. The molecule has 2 rings (SSSR count). The predicted molar refractivity (Wildman–Crippen MR) is 48.6 cm³/mol. The minimum atomic E-state index is -4.67. The van der Waals surface area contributed by atoms with Crippen molar-refractivity contribution in [3.05, 3.63) is 36.5 Å². The zero-order valence-corrected chi connectivity index (χ0v) is 7.86. The van der Waals surface area contributed by atoms with Gasteiger partial charge in [-0.3, -0.25) is 0 Å². The average Bonchev–Trinajstić information content (AvgIpc) is 2.69. The van der Waals surface area contributed by atoms with Crippen molar-refractivity contribution in [2.75, 3.05) is 0 Å². The Morgan fingerprint density at radius 1 is 1.06 bits per heavy atom. The fourth-order valence-corrected chi connectivity index (χ4v) is 1.19. The van der Waals surface area contributed by atoms with Gasteiger partial charge in [0.15, 0.2) is 5.76 Å². The average molecular weight is 229 g/mol. The van der Waals surface area contributed by atoms with Gasteiger partial charge in [-0.05, 0) is 24.3 Å². The summed E-state index contributed by atoms with van der Waals surface area (Å²) in [6, 6.07) is 6.96. The largest absolute Gasteiger partial charge is 0.573 e. The van der Waals surface area contributed by atoms with Gasteiger partial charge in [0.25, 0.3) is 0 Å². The molecule has 0 radical (unpaired) electrons. The van der Waals surface area contributed by atoms with E-state index in [1.807, 2.05) is 0 Å². The van der Waals surface area contributed by atoms with E-state index < -0.39 is 6.36 Å². The first-order chi connectivity index (χ1) is 7.54. The zero-order valence-electron chi connectivity index (χ0n) is 7.86. The molecule has 84 valence electrons. The molecule has 0 atom stereocenters. The second-order valence-corrected chi connectivity index (χ2v) is 2.95. The molecule has 6 heteroatoms. The summed E-state index contributed by atoms with van der Waals surface area (Å²) in [6.07, 6.45) is -3.22. The third-order valence-corrected chi connectivity index (χ3v) is 1.81. The normalized spacial score (nSPS) is 11.4. The lowest BCUT2D eigenvalue weighted by Crippen LogP contribution is -2.16. The van der Waals surface area contributed by atoms with Crippen molar-refractivity contribution in [1.29, 1.82) is 0 Å². The molecule has 0 N–H and O–H groups in total. The summed E-state index contributed by atoms with van der Waals surface area (Å²) >= 11 is 0. The first-order valence-electron chi connectivity index (χ1n) is 4.31. The van der Waals surface area contributed by atoms with Gasteiger partial charge in [0.05, 0.1) is 6.20 Å². The van der Waals surface area contributed by atoms with Crippen molar-refractivity contribution in [1.82, 2.24) is 5.16 Å². The number of rotatable bonds is 2. The highest BCUT2D eigenvalue weighted by atomic mass is 19.4. The maximum atomic E-state index is 11.9. The standard InChI is InChI=1S/C10H6F3NO2/c11-10(12,13)15-8-3-1-7(2-4-8)9-5-6-14-16-9/h1-6H. The van der Waals surface area contributed by atoms with Gasteiger partial charge in [-0.25, -0.2) is 0 Å². The molecule has 0 aliphatic rings. The minimum absolute atomic E-state index is 0.268. The number of alkyl halides is 3. The van der Waals surface area contributed by atoms with Crippen LogP contribution in [0.4, 0.5) is 13.2 Å². The van der Waals surface area contributed by atoms with E-state index in [9.17, 15) is 13.2 Å². The maximum Gasteiger partial charge on any atom is 0.573 e. The van der Waals surface area contributed by atoms with Crippen LogP contribution in [0.3, 0.4) is 0 Å². The monoisotopic (exact) mass is 229 g/mol. The van der Waals surface area contributed by atoms with Crippen LogP contribution in [0.5, 0.6) is 5.75 Å². The Labute approximate surface area is 88.4 Å². The first-order valence-corrected chi connectivity index (χ1v) is 4.31. The van der Waals surface area contributed by atoms with Crippen molar-refractivity contribution in [3.63, 3.8) is 0 Å². The number of halogens is 3. The Bertz CT molecular complexity index is 448. The van der Waals surface area contributed by atoms with E-state index in [2.05, 4.69) is 9.89 Å². The van der Waals surface area contributed by atoms with Gasteiger partial charge in [0, 0.05) is 11.6 Å². The molecular formula is C10H6F3NO2. The van der Waals surface area contributed by atoms with Crippen LogP contribution in [0, 0.1) is 0 Å². The van der Waals surface area contributed by atoms with Crippen molar-refractivity contribution in [2.45, 2.75) is 6.36 Å². The van der Waals surface area contributed by atoms with Gasteiger partial charge < -0.3 is 9.26 Å². The number of nitrogens with zero attached hydrogens (tertiary/aromatic N) is 1. The second-order valence-electron chi connectivity index (χ2n) is 2.95. The van der Waals surface area contributed by atoms with Crippen LogP contribution in [-0.2, 0) is 0 Å². The Morgan fingerprint density at radius 2 is 1.75 bits per heavy atom. The second kappa shape index (κ2) is 3.88. The fourth-order valence-electron chi connectivity index (χ4n) is 1.19. The van der Waals surface area contributed by atoms with Crippen LogP contribution in [0.2, 0.25) is 0 Å². The van der Waals surface area contributed by atoms with Crippen LogP contribution in [0.1, 0.15) is 0 Å². The van der Waals surface area contributed by atoms with Crippen LogP contribution < -0.4 is 4.74 Å². The highest BCUT2D eigenvalue weighted by molar-refractivity contribution is 5.57. The lowest BCUT2D eigenvalue weighted by molar-refractivity contribution is -0.274. The molecule has 0 unspecified atom stereocenters. The minimum Gasteiger partial charge on any atom is -0.406 e. The van der Waals surface area contributed by atoms with E-state index in [4.69, 9.17) is 4.52 Å². The summed E-state index contributed by atoms with van der Waals surface area (Å²) in [4.78, 5) is 0. The smallest absolute Gasteiger partial charge is 0.406 e. The van der Waals surface area contributed by atoms with Crippen LogP contribution in [-0.4, -0.2) is 11.5 Å². The summed E-state index contributed by atoms with van der Waals surface area (Å²) in [6.45, 7) is 0. The molecule has 0 aliphatic heterocycles. The highest BCUT2D eigenvalue weighted by Crippen LogP contribution is 2.26. The lowest BCUT2D eigenvalue weighted by atomic mass is 10.2. The molecule has 1 aromatic heterocycles.